The molecular formula is C10H6ClFN2. The largest absolute Gasteiger partial charge is 0.361 e. The molecule has 0 unspecified atom stereocenters. The summed E-state index contributed by atoms with van der Waals surface area (Å²) in [6.45, 7) is 0. The predicted molar refractivity (Wildman–Crippen MR) is 52.6 cm³/mol. The van der Waals surface area contributed by atoms with Gasteiger partial charge in [0.2, 0.25) is 0 Å². The van der Waals surface area contributed by atoms with Crippen molar-refractivity contribution in [1.82, 2.24) is 4.98 Å². The van der Waals surface area contributed by atoms with Gasteiger partial charge in [0.05, 0.1) is 17.5 Å². The first-order valence-electron chi connectivity index (χ1n) is 4.04. The molecule has 2 rings (SSSR count). The number of hydrogen-bond acceptors (Lipinski definition) is 1. The second-order valence-electron chi connectivity index (χ2n) is 2.96. The number of aromatic nitrogens is 1. The molecule has 2 nitrogen and oxygen atoms in total. The topological polar surface area (TPSA) is 39.6 Å². The van der Waals surface area contributed by atoms with E-state index in [1.807, 2.05) is 6.07 Å². The number of H-pyrrole nitrogens is 1. The normalized spacial score (nSPS) is 10.4. The van der Waals surface area contributed by atoms with Gasteiger partial charge in [0, 0.05) is 17.1 Å². The number of hydrogen-bond donors (Lipinski definition) is 1. The third-order valence-corrected chi connectivity index (χ3v) is 2.37. The first-order chi connectivity index (χ1) is 6.72. The molecule has 0 atom stereocenters. The van der Waals surface area contributed by atoms with Gasteiger partial charge in [-0.05, 0) is 17.7 Å². The van der Waals surface area contributed by atoms with E-state index in [9.17, 15) is 4.39 Å². The molecule has 0 bridgehead atoms. The smallest absolute Gasteiger partial charge is 0.143 e. The summed E-state index contributed by atoms with van der Waals surface area (Å²) in [5.41, 5.74) is 1.50. The molecule has 0 amide bonds. The number of benzene rings is 1. The number of nitrogens with zero attached hydrogens (tertiary/aromatic N) is 1. The molecule has 1 N–H and O–H groups in total. The average molecular weight is 209 g/mol. The van der Waals surface area contributed by atoms with Crippen LogP contribution >= 0.6 is 11.6 Å². The lowest BCUT2D eigenvalue weighted by Crippen LogP contribution is -1.80. The summed E-state index contributed by atoms with van der Waals surface area (Å²) in [6, 6.07) is 4.91. The summed E-state index contributed by atoms with van der Waals surface area (Å²) >= 11 is 5.64. The maximum atomic E-state index is 13.0. The van der Waals surface area contributed by atoms with Gasteiger partial charge < -0.3 is 4.98 Å². The fourth-order valence-corrected chi connectivity index (χ4v) is 1.57. The Morgan fingerprint density at radius 2 is 2.29 bits per heavy atom. The standard InChI is InChI=1S/C10H6ClFN2/c11-8-3-7-6(1-2-13)5-14-10(7)4-9(8)12/h3-5,14H,1H2. The van der Waals surface area contributed by atoms with Crippen molar-refractivity contribution in [2.45, 2.75) is 6.42 Å². The molecular weight excluding hydrogens is 203 g/mol. The second kappa shape index (κ2) is 3.32. The Kier molecular flexibility index (Phi) is 2.14. The molecule has 0 aliphatic heterocycles. The monoisotopic (exact) mass is 208 g/mol. The third kappa shape index (κ3) is 1.34. The van der Waals surface area contributed by atoms with Gasteiger partial charge in [-0.2, -0.15) is 5.26 Å². The molecule has 70 valence electrons. The van der Waals surface area contributed by atoms with Crippen LogP contribution in [0.15, 0.2) is 18.3 Å². The highest BCUT2D eigenvalue weighted by Gasteiger charge is 2.07. The molecule has 1 aromatic heterocycles. The molecule has 1 aromatic carbocycles. The zero-order chi connectivity index (χ0) is 10.1. The Balaban J connectivity index is 2.69. The SMILES string of the molecule is N#CCc1c[nH]c2cc(F)c(Cl)cc12. The van der Waals surface area contributed by atoms with Crippen molar-refractivity contribution in [3.05, 3.63) is 34.7 Å². The van der Waals surface area contributed by atoms with E-state index in [0.717, 1.165) is 10.9 Å². The van der Waals surface area contributed by atoms with Gasteiger partial charge in [-0.15, -0.1) is 0 Å². The summed E-state index contributed by atoms with van der Waals surface area (Å²) in [5, 5.41) is 9.43. The van der Waals surface area contributed by atoms with Crippen molar-refractivity contribution in [3.63, 3.8) is 0 Å². The highest BCUT2D eigenvalue weighted by Crippen LogP contribution is 2.25. The Bertz CT molecular complexity index is 525. The van der Waals surface area contributed by atoms with E-state index in [-0.39, 0.29) is 5.02 Å². The first-order valence-corrected chi connectivity index (χ1v) is 4.42. The molecule has 0 saturated carbocycles. The predicted octanol–water partition coefficient (Wildman–Crippen LogP) is 3.03. The lowest BCUT2D eigenvalue weighted by Gasteiger charge is -1.95. The quantitative estimate of drug-likeness (QED) is 0.769. The Hall–Kier alpha value is -1.53. The molecule has 1 heterocycles. The average Bonchev–Trinajstić information content (AvgIpc) is 2.51. The molecule has 4 heteroatoms. The number of aromatic amines is 1. The Labute approximate surface area is 84.9 Å². The number of nitriles is 1. The molecule has 14 heavy (non-hydrogen) atoms. The fourth-order valence-electron chi connectivity index (χ4n) is 1.41. The van der Waals surface area contributed by atoms with Crippen LogP contribution < -0.4 is 0 Å². The van der Waals surface area contributed by atoms with E-state index in [1.165, 1.54) is 12.1 Å². The van der Waals surface area contributed by atoms with Gasteiger partial charge in [-0.1, -0.05) is 11.6 Å². The summed E-state index contributed by atoms with van der Waals surface area (Å²) in [5.74, 6) is -0.454. The molecule has 0 saturated heterocycles. The van der Waals surface area contributed by atoms with Crippen LogP contribution in [0.5, 0.6) is 0 Å². The van der Waals surface area contributed by atoms with Crippen LogP contribution in [0.3, 0.4) is 0 Å². The number of fused-ring (bicyclic) bond motifs is 1. The van der Waals surface area contributed by atoms with E-state index >= 15 is 0 Å². The Morgan fingerprint density at radius 3 is 3.00 bits per heavy atom. The minimum atomic E-state index is -0.454. The van der Waals surface area contributed by atoms with Gasteiger partial charge in [-0.3, -0.25) is 0 Å². The van der Waals surface area contributed by atoms with Crippen LogP contribution in [-0.4, -0.2) is 4.98 Å². The molecule has 0 aliphatic carbocycles. The van der Waals surface area contributed by atoms with Gasteiger partial charge in [0.1, 0.15) is 5.82 Å². The van der Waals surface area contributed by atoms with Crippen LogP contribution in [0.25, 0.3) is 10.9 Å². The molecule has 0 fully saturated rings. The van der Waals surface area contributed by atoms with E-state index in [4.69, 9.17) is 16.9 Å². The zero-order valence-corrected chi connectivity index (χ0v) is 7.90. The van der Waals surface area contributed by atoms with Gasteiger partial charge in [0.15, 0.2) is 0 Å². The minimum Gasteiger partial charge on any atom is -0.361 e. The summed E-state index contributed by atoms with van der Waals surface area (Å²) in [7, 11) is 0. The van der Waals surface area contributed by atoms with Crippen LogP contribution in [-0.2, 0) is 6.42 Å². The van der Waals surface area contributed by atoms with Crippen LogP contribution in [0.4, 0.5) is 4.39 Å². The molecule has 0 spiro atoms. The van der Waals surface area contributed by atoms with Crippen molar-refractivity contribution in [3.8, 4) is 6.07 Å². The van der Waals surface area contributed by atoms with Crippen LogP contribution in [0.2, 0.25) is 5.02 Å². The van der Waals surface area contributed by atoms with Crippen molar-refractivity contribution >= 4 is 22.5 Å². The lowest BCUT2D eigenvalue weighted by molar-refractivity contribution is 0.630. The highest BCUT2D eigenvalue weighted by molar-refractivity contribution is 6.31. The van der Waals surface area contributed by atoms with Crippen molar-refractivity contribution in [2.75, 3.05) is 0 Å². The van der Waals surface area contributed by atoms with Crippen molar-refractivity contribution in [2.24, 2.45) is 0 Å². The van der Waals surface area contributed by atoms with E-state index in [0.29, 0.717) is 11.9 Å². The number of nitrogens with one attached hydrogen (secondary N) is 1. The van der Waals surface area contributed by atoms with Crippen LogP contribution in [0, 0.1) is 17.1 Å². The highest BCUT2D eigenvalue weighted by atomic mass is 35.5. The second-order valence-corrected chi connectivity index (χ2v) is 3.37. The summed E-state index contributed by atoms with van der Waals surface area (Å²) in [6.07, 6.45) is 1.99. The Morgan fingerprint density at radius 1 is 1.50 bits per heavy atom. The van der Waals surface area contributed by atoms with Crippen molar-refractivity contribution < 1.29 is 4.39 Å². The van der Waals surface area contributed by atoms with E-state index < -0.39 is 5.82 Å². The minimum absolute atomic E-state index is 0.0799. The summed E-state index contributed by atoms with van der Waals surface area (Å²) < 4.78 is 13.0. The van der Waals surface area contributed by atoms with E-state index in [2.05, 4.69) is 4.98 Å². The first kappa shape index (κ1) is 9.04. The number of halogens is 2. The molecule has 0 aliphatic rings. The maximum absolute atomic E-state index is 13.0. The van der Waals surface area contributed by atoms with Gasteiger partial charge in [0.25, 0.3) is 0 Å². The fraction of sp³-hybridized carbons (Fsp3) is 0.100. The van der Waals surface area contributed by atoms with Gasteiger partial charge >= 0.3 is 0 Å². The van der Waals surface area contributed by atoms with E-state index in [1.54, 1.807) is 6.20 Å². The lowest BCUT2D eigenvalue weighted by atomic mass is 10.1. The van der Waals surface area contributed by atoms with Crippen LogP contribution in [0.1, 0.15) is 5.56 Å². The molecule has 0 radical (unpaired) electrons. The zero-order valence-electron chi connectivity index (χ0n) is 7.14. The maximum Gasteiger partial charge on any atom is 0.143 e. The summed E-state index contributed by atoms with van der Waals surface area (Å²) in [4.78, 5) is 2.89. The number of rotatable bonds is 1. The molecule has 2 aromatic rings. The van der Waals surface area contributed by atoms with Crippen molar-refractivity contribution in [1.29, 1.82) is 5.26 Å². The van der Waals surface area contributed by atoms with Gasteiger partial charge in [-0.25, -0.2) is 4.39 Å². The third-order valence-electron chi connectivity index (χ3n) is 2.08.